The molecule has 20 heavy (non-hydrogen) atoms. The van der Waals surface area contributed by atoms with Crippen molar-refractivity contribution in [2.45, 2.75) is 19.0 Å². The Kier molecular flexibility index (Phi) is 3.73. The van der Waals surface area contributed by atoms with E-state index in [4.69, 9.17) is 5.11 Å². The molecule has 8 heteroatoms. The van der Waals surface area contributed by atoms with E-state index in [0.717, 1.165) is 12.1 Å². The molecule has 0 aliphatic rings. The van der Waals surface area contributed by atoms with Crippen molar-refractivity contribution in [2.24, 2.45) is 0 Å². The van der Waals surface area contributed by atoms with E-state index in [1.54, 1.807) is 0 Å². The number of aliphatic carboxylic acids is 1. The van der Waals surface area contributed by atoms with Crippen molar-refractivity contribution in [1.29, 1.82) is 0 Å². The Labute approximate surface area is 111 Å². The van der Waals surface area contributed by atoms with Gasteiger partial charge >= 0.3 is 12.1 Å². The van der Waals surface area contributed by atoms with Gasteiger partial charge in [0.05, 0.1) is 29.6 Å². The van der Waals surface area contributed by atoms with Gasteiger partial charge in [-0.05, 0) is 18.2 Å². The molecular formula is C12H10F3N3O2. The van der Waals surface area contributed by atoms with Crippen molar-refractivity contribution >= 4 is 5.97 Å². The Hall–Kier alpha value is -2.38. The van der Waals surface area contributed by atoms with Gasteiger partial charge in [0, 0.05) is 6.42 Å². The van der Waals surface area contributed by atoms with Gasteiger partial charge in [0.2, 0.25) is 0 Å². The van der Waals surface area contributed by atoms with Crippen molar-refractivity contribution < 1.29 is 23.1 Å². The van der Waals surface area contributed by atoms with Gasteiger partial charge in [0.1, 0.15) is 0 Å². The fourth-order valence-corrected chi connectivity index (χ4v) is 1.69. The topological polar surface area (TPSA) is 68.0 Å². The number of alkyl halides is 3. The highest BCUT2D eigenvalue weighted by atomic mass is 19.4. The van der Waals surface area contributed by atoms with Crippen LogP contribution < -0.4 is 0 Å². The van der Waals surface area contributed by atoms with E-state index < -0.39 is 17.7 Å². The van der Waals surface area contributed by atoms with Crippen LogP contribution in [0.4, 0.5) is 13.2 Å². The zero-order valence-corrected chi connectivity index (χ0v) is 10.1. The minimum atomic E-state index is -4.45. The van der Waals surface area contributed by atoms with E-state index in [9.17, 15) is 18.0 Å². The molecule has 0 atom stereocenters. The van der Waals surface area contributed by atoms with Crippen LogP contribution in [0.2, 0.25) is 0 Å². The number of benzene rings is 1. The van der Waals surface area contributed by atoms with Crippen LogP contribution in [0.5, 0.6) is 0 Å². The first-order valence-corrected chi connectivity index (χ1v) is 5.67. The summed E-state index contributed by atoms with van der Waals surface area (Å²) in [5.74, 6) is -0.998. The summed E-state index contributed by atoms with van der Waals surface area (Å²) < 4.78 is 39.1. The van der Waals surface area contributed by atoms with Gasteiger partial charge in [-0.1, -0.05) is 11.3 Å². The first kappa shape index (κ1) is 14.0. The lowest BCUT2D eigenvalue weighted by Gasteiger charge is -2.10. The molecule has 0 unspecified atom stereocenters. The molecule has 0 radical (unpaired) electrons. The zero-order chi connectivity index (χ0) is 14.8. The molecular weight excluding hydrogens is 275 g/mol. The largest absolute Gasteiger partial charge is 0.481 e. The smallest absolute Gasteiger partial charge is 0.416 e. The van der Waals surface area contributed by atoms with Gasteiger partial charge in [0.15, 0.2) is 0 Å². The summed E-state index contributed by atoms with van der Waals surface area (Å²) in [6.07, 6.45) is -3.12. The van der Waals surface area contributed by atoms with E-state index in [1.165, 1.54) is 23.0 Å². The number of nitrogens with zero attached hydrogens (tertiary/aromatic N) is 3. The molecule has 2 aromatic rings. The minimum Gasteiger partial charge on any atom is -0.481 e. The van der Waals surface area contributed by atoms with Crippen LogP contribution in [0.15, 0.2) is 30.5 Å². The van der Waals surface area contributed by atoms with Gasteiger partial charge in [0.25, 0.3) is 0 Å². The summed E-state index contributed by atoms with van der Waals surface area (Å²) in [6, 6.07) is 4.62. The van der Waals surface area contributed by atoms with E-state index in [-0.39, 0.29) is 18.5 Å². The predicted molar refractivity (Wildman–Crippen MR) is 62.3 cm³/mol. The lowest BCUT2D eigenvalue weighted by atomic mass is 10.2. The summed E-state index contributed by atoms with van der Waals surface area (Å²) >= 11 is 0. The lowest BCUT2D eigenvalue weighted by molar-refractivity contribution is -0.138. The zero-order valence-electron chi connectivity index (χ0n) is 10.1. The number of carboxylic acid groups (broad SMARTS) is 1. The Morgan fingerprint density at radius 3 is 2.75 bits per heavy atom. The first-order chi connectivity index (χ1) is 9.38. The van der Waals surface area contributed by atoms with Gasteiger partial charge in [-0.3, -0.25) is 4.79 Å². The normalized spacial score (nSPS) is 11.6. The van der Waals surface area contributed by atoms with Crippen molar-refractivity contribution in [2.75, 3.05) is 0 Å². The molecule has 1 aromatic heterocycles. The van der Waals surface area contributed by atoms with E-state index >= 15 is 0 Å². The SMILES string of the molecule is O=C(O)CCc1cnnn1-c1cccc(C(F)(F)F)c1. The molecule has 1 aromatic carbocycles. The third-order valence-corrected chi connectivity index (χ3v) is 2.63. The third-order valence-electron chi connectivity index (χ3n) is 2.63. The highest BCUT2D eigenvalue weighted by Gasteiger charge is 2.30. The summed E-state index contributed by atoms with van der Waals surface area (Å²) in [5, 5.41) is 15.9. The molecule has 1 heterocycles. The van der Waals surface area contributed by atoms with E-state index in [0.29, 0.717) is 5.69 Å². The summed E-state index contributed by atoms with van der Waals surface area (Å²) in [6.45, 7) is 0. The molecule has 0 spiro atoms. The van der Waals surface area contributed by atoms with Crippen LogP contribution >= 0.6 is 0 Å². The van der Waals surface area contributed by atoms with Crippen molar-refractivity contribution in [3.63, 3.8) is 0 Å². The fraction of sp³-hybridized carbons (Fsp3) is 0.250. The fourth-order valence-electron chi connectivity index (χ4n) is 1.69. The number of carbonyl (C=O) groups is 1. The third kappa shape index (κ3) is 3.14. The Morgan fingerprint density at radius 1 is 1.35 bits per heavy atom. The minimum absolute atomic E-state index is 0.137. The number of aryl methyl sites for hydroxylation is 1. The number of rotatable bonds is 4. The monoisotopic (exact) mass is 285 g/mol. The molecule has 106 valence electrons. The Morgan fingerprint density at radius 2 is 2.10 bits per heavy atom. The van der Waals surface area contributed by atoms with Crippen LogP contribution in [0.25, 0.3) is 5.69 Å². The molecule has 2 rings (SSSR count). The van der Waals surface area contributed by atoms with Crippen LogP contribution in [-0.2, 0) is 17.4 Å². The highest BCUT2D eigenvalue weighted by Crippen LogP contribution is 2.30. The summed E-state index contributed by atoms with van der Waals surface area (Å²) in [5.41, 5.74) is -0.167. The highest BCUT2D eigenvalue weighted by molar-refractivity contribution is 5.67. The molecule has 0 aliphatic heterocycles. The number of aromatic nitrogens is 3. The van der Waals surface area contributed by atoms with Gasteiger partial charge < -0.3 is 5.11 Å². The standard InChI is InChI=1S/C12H10F3N3O2/c13-12(14,15)8-2-1-3-9(6-8)18-10(7-16-17-18)4-5-11(19)20/h1-3,6-7H,4-5H2,(H,19,20). The number of hydrogen-bond donors (Lipinski definition) is 1. The van der Waals surface area contributed by atoms with Crippen molar-refractivity contribution in [3.8, 4) is 5.69 Å². The number of hydrogen-bond acceptors (Lipinski definition) is 3. The second-order valence-corrected chi connectivity index (χ2v) is 4.08. The van der Waals surface area contributed by atoms with Crippen molar-refractivity contribution in [1.82, 2.24) is 15.0 Å². The maximum Gasteiger partial charge on any atom is 0.416 e. The molecule has 1 N–H and O–H groups in total. The summed E-state index contributed by atoms with van der Waals surface area (Å²) in [7, 11) is 0. The average Bonchev–Trinajstić information content (AvgIpc) is 2.83. The molecule has 0 fully saturated rings. The van der Waals surface area contributed by atoms with Crippen LogP contribution in [0, 0.1) is 0 Å². The quantitative estimate of drug-likeness (QED) is 0.936. The maximum absolute atomic E-state index is 12.6. The predicted octanol–water partition coefficient (Wildman–Crippen LogP) is 2.30. The first-order valence-electron chi connectivity index (χ1n) is 5.67. The average molecular weight is 285 g/mol. The van der Waals surface area contributed by atoms with Gasteiger partial charge in [-0.25, -0.2) is 4.68 Å². The lowest BCUT2D eigenvalue weighted by Crippen LogP contribution is -2.09. The van der Waals surface area contributed by atoms with Gasteiger partial charge in [-0.2, -0.15) is 13.2 Å². The molecule has 0 amide bonds. The molecule has 0 bridgehead atoms. The number of halogens is 3. The Bertz CT molecular complexity index is 622. The second-order valence-electron chi connectivity index (χ2n) is 4.08. The van der Waals surface area contributed by atoms with Crippen LogP contribution in [0.3, 0.4) is 0 Å². The second kappa shape index (κ2) is 5.32. The molecule has 0 saturated carbocycles. The maximum atomic E-state index is 12.6. The van der Waals surface area contributed by atoms with Gasteiger partial charge in [-0.15, -0.1) is 5.10 Å². The van der Waals surface area contributed by atoms with Crippen LogP contribution in [0.1, 0.15) is 17.7 Å². The Balaban J connectivity index is 2.33. The van der Waals surface area contributed by atoms with E-state index in [1.807, 2.05) is 0 Å². The van der Waals surface area contributed by atoms with E-state index in [2.05, 4.69) is 10.3 Å². The van der Waals surface area contributed by atoms with Crippen molar-refractivity contribution in [3.05, 3.63) is 41.7 Å². The molecule has 5 nitrogen and oxygen atoms in total. The van der Waals surface area contributed by atoms with Crippen LogP contribution in [-0.4, -0.2) is 26.1 Å². The number of carboxylic acids is 1. The summed E-state index contributed by atoms with van der Waals surface area (Å²) in [4.78, 5) is 10.5. The molecule has 0 aliphatic carbocycles. The molecule has 0 saturated heterocycles.